The molecule has 0 aromatic heterocycles. The number of aliphatic hydroxyl groups excluding tert-OH is 1. The summed E-state index contributed by atoms with van der Waals surface area (Å²) in [4.78, 5) is 10.2. The lowest BCUT2D eigenvalue weighted by atomic mass is 10.1. The Morgan fingerprint density at radius 2 is 1.71 bits per heavy atom. The minimum atomic E-state index is -0.773. The number of ether oxygens (including phenoxy) is 1. The molecule has 0 rings (SSSR count). The molecule has 4 nitrogen and oxygen atoms in total. The molecule has 0 fully saturated rings. The molecule has 0 amide bonds. The summed E-state index contributed by atoms with van der Waals surface area (Å²) in [7, 11) is 1.54. The first-order valence-electron chi connectivity index (χ1n) is 4.53. The van der Waals surface area contributed by atoms with Gasteiger partial charge in [-0.3, -0.25) is 0 Å². The van der Waals surface area contributed by atoms with Gasteiger partial charge in [-0.05, 0) is 27.7 Å². The van der Waals surface area contributed by atoms with E-state index in [0.717, 1.165) is 0 Å². The van der Waals surface area contributed by atoms with Crippen molar-refractivity contribution in [3.8, 4) is 0 Å². The zero-order valence-corrected chi connectivity index (χ0v) is 9.53. The summed E-state index contributed by atoms with van der Waals surface area (Å²) >= 11 is 0. The van der Waals surface area contributed by atoms with E-state index in [0.29, 0.717) is 0 Å². The van der Waals surface area contributed by atoms with Gasteiger partial charge in [0, 0.05) is 7.11 Å². The molecule has 0 aromatic carbocycles. The topological polar surface area (TPSA) is 47.9 Å². The van der Waals surface area contributed by atoms with E-state index in [4.69, 9.17) is 19.6 Å². The third-order valence-electron chi connectivity index (χ3n) is 1.57. The molecule has 1 N–H and O–H groups in total. The van der Waals surface area contributed by atoms with Gasteiger partial charge in [0.05, 0.1) is 6.61 Å². The van der Waals surface area contributed by atoms with E-state index in [1.807, 2.05) is 13.8 Å². The summed E-state index contributed by atoms with van der Waals surface area (Å²) in [6, 6.07) is 0. The van der Waals surface area contributed by atoms with E-state index in [9.17, 15) is 0 Å². The number of rotatable bonds is 6. The lowest BCUT2D eigenvalue weighted by Gasteiger charge is -2.27. The van der Waals surface area contributed by atoms with Crippen molar-refractivity contribution in [1.29, 1.82) is 0 Å². The second-order valence-electron chi connectivity index (χ2n) is 3.96. The standard InChI is InChI=1S/C10H20O4/c1-9(2,7-6-8-11)13-14-10(3,4)12-5/h6-7,11H,8H2,1-5H3/b7-6+. The number of aliphatic hydroxyl groups is 1. The quantitative estimate of drug-likeness (QED) is 0.309. The Kier molecular flexibility index (Phi) is 5.29. The smallest absolute Gasteiger partial charge is 0.195 e. The van der Waals surface area contributed by atoms with Crippen molar-refractivity contribution < 1.29 is 19.6 Å². The number of hydrogen-bond donors (Lipinski definition) is 1. The summed E-state index contributed by atoms with van der Waals surface area (Å²) in [5.41, 5.74) is -0.585. The van der Waals surface area contributed by atoms with Crippen LogP contribution in [-0.2, 0) is 14.5 Å². The molecule has 0 unspecified atom stereocenters. The molecule has 0 aliphatic heterocycles. The first-order chi connectivity index (χ1) is 6.33. The van der Waals surface area contributed by atoms with Crippen LogP contribution in [0.4, 0.5) is 0 Å². The van der Waals surface area contributed by atoms with Crippen molar-refractivity contribution in [1.82, 2.24) is 0 Å². The van der Waals surface area contributed by atoms with Crippen LogP contribution < -0.4 is 0 Å². The second-order valence-corrected chi connectivity index (χ2v) is 3.96. The molecule has 0 heterocycles. The van der Waals surface area contributed by atoms with Gasteiger partial charge in [-0.1, -0.05) is 12.2 Å². The molecule has 0 saturated carbocycles. The second kappa shape index (κ2) is 5.46. The molecule has 4 heteroatoms. The van der Waals surface area contributed by atoms with Crippen molar-refractivity contribution in [3.05, 3.63) is 12.2 Å². The molecule has 0 saturated heterocycles. The fourth-order valence-electron chi connectivity index (χ4n) is 0.606. The van der Waals surface area contributed by atoms with Crippen LogP contribution in [0.3, 0.4) is 0 Å². The zero-order valence-electron chi connectivity index (χ0n) is 9.53. The Hall–Kier alpha value is -0.420. The molecular weight excluding hydrogens is 184 g/mol. The predicted molar refractivity (Wildman–Crippen MR) is 53.6 cm³/mol. The van der Waals surface area contributed by atoms with Gasteiger partial charge < -0.3 is 9.84 Å². The van der Waals surface area contributed by atoms with E-state index < -0.39 is 11.4 Å². The fraction of sp³-hybridized carbons (Fsp3) is 0.800. The van der Waals surface area contributed by atoms with Gasteiger partial charge in [-0.2, -0.15) is 0 Å². The molecule has 0 aliphatic carbocycles. The maximum Gasteiger partial charge on any atom is 0.195 e. The summed E-state index contributed by atoms with van der Waals surface area (Å²) in [6.45, 7) is 7.13. The number of methoxy groups -OCH3 is 1. The summed E-state index contributed by atoms with van der Waals surface area (Å²) in [6.07, 6.45) is 3.32. The summed E-state index contributed by atoms with van der Waals surface area (Å²) in [5.74, 6) is -0.773. The maximum atomic E-state index is 8.60. The summed E-state index contributed by atoms with van der Waals surface area (Å²) in [5, 5.41) is 8.60. The highest BCUT2D eigenvalue weighted by atomic mass is 17.2. The normalized spacial score (nSPS) is 13.9. The first kappa shape index (κ1) is 13.6. The van der Waals surface area contributed by atoms with Crippen LogP contribution in [0.5, 0.6) is 0 Å². The van der Waals surface area contributed by atoms with Gasteiger partial charge in [0.1, 0.15) is 5.60 Å². The van der Waals surface area contributed by atoms with Crippen molar-refractivity contribution in [2.45, 2.75) is 39.1 Å². The van der Waals surface area contributed by atoms with Crippen LogP contribution in [0, 0.1) is 0 Å². The molecular formula is C10H20O4. The Morgan fingerprint density at radius 1 is 1.14 bits per heavy atom. The molecule has 84 valence electrons. The van der Waals surface area contributed by atoms with Gasteiger partial charge in [-0.15, -0.1) is 0 Å². The maximum absolute atomic E-state index is 8.60. The molecule has 0 bridgehead atoms. The van der Waals surface area contributed by atoms with Gasteiger partial charge in [0.25, 0.3) is 0 Å². The average Bonchev–Trinajstić information content (AvgIpc) is 2.12. The molecule has 0 atom stereocenters. The largest absolute Gasteiger partial charge is 0.392 e. The highest BCUT2D eigenvalue weighted by molar-refractivity contribution is 4.95. The third kappa shape index (κ3) is 6.10. The first-order valence-corrected chi connectivity index (χ1v) is 4.53. The molecule has 0 aliphatic rings. The zero-order chi connectivity index (χ0) is 11.2. The van der Waals surface area contributed by atoms with Crippen molar-refractivity contribution in [2.24, 2.45) is 0 Å². The molecule has 0 aromatic rings. The Morgan fingerprint density at radius 3 is 2.14 bits per heavy atom. The Balaban J connectivity index is 4.04. The van der Waals surface area contributed by atoms with E-state index in [1.54, 1.807) is 33.1 Å². The van der Waals surface area contributed by atoms with Crippen LogP contribution in [-0.4, -0.2) is 30.2 Å². The Bertz CT molecular complexity index is 185. The van der Waals surface area contributed by atoms with Gasteiger partial charge in [0.15, 0.2) is 5.79 Å². The van der Waals surface area contributed by atoms with E-state index in [2.05, 4.69) is 0 Å². The van der Waals surface area contributed by atoms with Crippen molar-refractivity contribution in [2.75, 3.05) is 13.7 Å². The van der Waals surface area contributed by atoms with Gasteiger partial charge >= 0.3 is 0 Å². The minimum Gasteiger partial charge on any atom is -0.392 e. The van der Waals surface area contributed by atoms with E-state index in [-0.39, 0.29) is 6.61 Å². The van der Waals surface area contributed by atoms with Crippen molar-refractivity contribution in [3.63, 3.8) is 0 Å². The summed E-state index contributed by atoms with van der Waals surface area (Å²) < 4.78 is 5.02. The van der Waals surface area contributed by atoms with Crippen LogP contribution in [0.25, 0.3) is 0 Å². The predicted octanol–water partition coefficient (Wildman–Crippen LogP) is 1.64. The third-order valence-corrected chi connectivity index (χ3v) is 1.57. The lowest BCUT2D eigenvalue weighted by Crippen LogP contribution is -2.32. The lowest BCUT2D eigenvalue weighted by molar-refractivity contribution is -0.441. The minimum absolute atomic E-state index is 0.0134. The van der Waals surface area contributed by atoms with Crippen LogP contribution >= 0.6 is 0 Å². The highest BCUT2D eigenvalue weighted by Gasteiger charge is 2.24. The van der Waals surface area contributed by atoms with E-state index >= 15 is 0 Å². The van der Waals surface area contributed by atoms with Crippen LogP contribution in [0.2, 0.25) is 0 Å². The Labute approximate surface area is 85.4 Å². The SMILES string of the molecule is COC(C)(C)OOC(C)(C)/C=C/CO. The monoisotopic (exact) mass is 204 g/mol. The molecule has 0 spiro atoms. The van der Waals surface area contributed by atoms with Gasteiger partial charge in [0.2, 0.25) is 0 Å². The molecule has 14 heavy (non-hydrogen) atoms. The fourth-order valence-corrected chi connectivity index (χ4v) is 0.606. The van der Waals surface area contributed by atoms with Crippen molar-refractivity contribution >= 4 is 0 Å². The molecule has 0 radical (unpaired) electrons. The van der Waals surface area contributed by atoms with E-state index in [1.165, 1.54) is 0 Å². The van der Waals surface area contributed by atoms with Gasteiger partial charge in [-0.25, -0.2) is 9.78 Å². The van der Waals surface area contributed by atoms with Crippen LogP contribution in [0.1, 0.15) is 27.7 Å². The van der Waals surface area contributed by atoms with Crippen LogP contribution in [0.15, 0.2) is 12.2 Å². The highest BCUT2D eigenvalue weighted by Crippen LogP contribution is 2.17. The average molecular weight is 204 g/mol. The number of hydrogen-bond acceptors (Lipinski definition) is 4.